The van der Waals surface area contributed by atoms with Crippen LogP contribution >= 0.6 is 11.3 Å². The molecule has 2 aromatic rings. The van der Waals surface area contributed by atoms with E-state index in [-0.39, 0.29) is 24.5 Å². The largest absolute Gasteiger partial charge is 0.461 e. The molecule has 28 heavy (non-hydrogen) atoms. The summed E-state index contributed by atoms with van der Waals surface area (Å²) in [4.78, 5) is 41.9. The van der Waals surface area contributed by atoms with Gasteiger partial charge in [0.2, 0.25) is 17.4 Å². The first-order chi connectivity index (χ1) is 13.4. The van der Waals surface area contributed by atoms with Gasteiger partial charge in [-0.1, -0.05) is 23.8 Å². The molecule has 2 amide bonds. The van der Waals surface area contributed by atoms with E-state index in [1.165, 1.54) is 16.2 Å². The number of anilines is 1. The first kappa shape index (κ1) is 18.8. The number of imide groups is 1. The molecule has 0 spiro atoms. The summed E-state index contributed by atoms with van der Waals surface area (Å²) in [7, 11) is 0. The number of amides is 2. The second-order valence-corrected chi connectivity index (χ2v) is 8.54. The lowest BCUT2D eigenvalue weighted by atomic mass is 9.81. The highest BCUT2D eigenvalue weighted by molar-refractivity contribution is 7.10. The van der Waals surface area contributed by atoms with E-state index in [1.54, 1.807) is 26.0 Å². The van der Waals surface area contributed by atoms with E-state index in [0.717, 1.165) is 10.4 Å². The molecule has 4 atom stereocenters. The lowest BCUT2D eigenvalue weighted by Crippen LogP contribution is -2.97. The summed E-state index contributed by atoms with van der Waals surface area (Å²) in [6.45, 7) is 5.64. The third-order valence-corrected chi connectivity index (χ3v) is 6.76. The molecule has 0 unspecified atom stereocenters. The Morgan fingerprint density at radius 2 is 1.93 bits per heavy atom. The molecule has 1 aromatic heterocycles. The standard InChI is InChI=1S/C21H22N2O4S/c1-4-27-20(26)21(3)16-15(17(22-21)14-6-5-11-28-14)18(24)23(19(16)25)13-9-7-12(2)8-10-13/h5-11,15-17,22H,4H2,1-3H3/p+1/t15-,16-,17-,21-/m0/s1. The Labute approximate surface area is 167 Å². The van der Waals surface area contributed by atoms with E-state index < -0.39 is 23.3 Å². The van der Waals surface area contributed by atoms with Gasteiger partial charge in [-0.25, -0.2) is 9.69 Å². The predicted octanol–water partition coefficient (Wildman–Crippen LogP) is 1.80. The molecule has 2 saturated heterocycles. The number of nitrogens with zero attached hydrogens (tertiary/aromatic N) is 1. The maximum Gasteiger partial charge on any atom is 0.368 e. The van der Waals surface area contributed by atoms with Gasteiger partial charge in [-0.15, -0.1) is 11.3 Å². The predicted molar refractivity (Wildman–Crippen MR) is 105 cm³/mol. The van der Waals surface area contributed by atoms with Crippen molar-refractivity contribution in [2.45, 2.75) is 32.4 Å². The van der Waals surface area contributed by atoms with Gasteiger partial charge in [0.1, 0.15) is 17.9 Å². The quantitative estimate of drug-likeness (QED) is 0.628. The number of carbonyl (C=O) groups is 3. The molecular formula is C21H23N2O4S+. The number of esters is 1. The van der Waals surface area contributed by atoms with Crippen molar-refractivity contribution in [1.29, 1.82) is 0 Å². The minimum Gasteiger partial charge on any atom is -0.461 e. The lowest BCUT2D eigenvalue weighted by Gasteiger charge is -2.26. The first-order valence-corrected chi connectivity index (χ1v) is 10.3. The smallest absolute Gasteiger partial charge is 0.368 e. The van der Waals surface area contributed by atoms with Crippen molar-refractivity contribution in [3.8, 4) is 0 Å². The van der Waals surface area contributed by atoms with Crippen molar-refractivity contribution in [2.24, 2.45) is 11.8 Å². The Morgan fingerprint density at radius 3 is 2.54 bits per heavy atom. The molecule has 2 aliphatic rings. The van der Waals surface area contributed by atoms with Crippen LogP contribution in [0.25, 0.3) is 0 Å². The molecule has 7 heteroatoms. The summed E-state index contributed by atoms with van der Waals surface area (Å²) in [6.07, 6.45) is 0. The number of benzene rings is 1. The fourth-order valence-electron chi connectivity index (χ4n) is 4.43. The number of rotatable bonds is 4. The summed E-state index contributed by atoms with van der Waals surface area (Å²) in [5, 5.41) is 3.80. The highest BCUT2D eigenvalue weighted by Crippen LogP contribution is 2.46. The number of hydrogen-bond donors (Lipinski definition) is 1. The van der Waals surface area contributed by atoms with Crippen LogP contribution in [0.5, 0.6) is 0 Å². The number of nitrogens with two attached hydrogens (primary N) is 1. The zero-order valence-corrected chi connectivity index (χ0v) is 16.9. The van der Waals surface area contributed by atoms with Crippen molar-refractivity contribution >= 4 is 34.8 Å². The van der Waals surface area contributed by atoms with Gasteiger partial charge in [-0.05, 0) is 37.4 Å². The fourth-order valence-corrected chi connectivity index (χ4v) is 5.28. The third kappa shape index (κ3) is 2.69. The number of quaternary nitrogens is 1. The van der Waals surface area contributed by atoms with Crippen LogP contribution in [0.3, 0.4) is 0 Å². The van der Waals surface area contributed by atoms with Crippen LogP contribution < -0.4 is 10.2 Å². The average molecular weight is 399 g/mol. The zero-order valence-electron chi connectivity index (χ0n) is 16.0. The summed E-state index contributed by atoms with van der Waals surface area (Å²) in [6, 6.07) is 10.9. The summed E-state index contributed by atoms with van der Waals surface area (Å²) < 4.78 is 5.29. The minimum atomic E-state index is -1.14. The Kier molecular flexibility index (Phi) is 4.59. The second kappa shape index (κ2) is 6.83. The molecule has 4 rings (SSSR count). The average Bonchev–Trinajstić information content (AvgIpc) is 3.35. The molecule has 0 radical (unpaired) electrons. The summed E-state index contributed by atoms with van der Waals surface area (Å²) in [5.74, 6) is -2.38. The Morgan fingerprint density at radius 1 is 1.21 bits per heavy atom. The van der Waals surface area contributed by atoms with Crippen LogP contribution in [0, 0.1) is 18.8 Å². The molecule has 0 aliphatic carbocycles. The molecular weight excluding hydrogens is 376 g/mol. The SMILES string of the molecule is CCOC(=O)[C@@]1(C)[NH2+][C@@H](c2cccs2)[C@H]2C(=O)N(c3ccc(C)cc3)C(=O)[C@H]21. The molecule has 2 N–H and O–H groups in total. The van der Waals surface area contributed by atoms with Gasteiger partial charge in [0, 0.05) is 6.92 Å². The highest BCUT2D eigenvalue weighted by Gasteiger charge is 2.71. The van der Waals surface area contributed by atoms with Crippen LogP contribution in [0.4, 0.5) is 5.69 Å². The van der Waals surface area contributed by atoms with E-state index in [1.807, 2.05) is 41.9 Å². The van der Waals surface area contributed by atoms with E-state index in [4.69, 9.17) is 4.74 Å². The van der Waals surface area contributed by atoms with Crippen molar-refractivity contribution in [2.75, 3.05) is 11.5 Å². The maximum atomic E-state index is 13.4. The van der Waals surface area contributed by atoms with Crippen molar-refractivity contribution in [1.82, 2.24) is 0 Å². The van der Waals surface area contributed by atoms with Crippen LogP contribution in [0.1, 0.15) is 30.3 Å². The van der Waals surface area contributed by atoms with Crippen molar-refractivity contribution in [3.05, 3.63) is 52.2 Å². The van der Waals surface area contributed by atoms with Crippen LogP contribution in [-0.4, -0.2) is 29.9 Å². The van der Waals surface area contributed by atoms with Crippen molar-refractivity contribution < 1.29 is 24.4 Å². The van der Waals surface area contributed by atoms with E-state index in [9.17, 15) is 14.4 Å². The van der Waals surface area contributed by atoms with Gasteiger partial charge in [-0.2, -0.15) is 0 Å². The molecule has 0 saturated carbocycles. The molecule has 2 fully saturated rings. The third-order valence-electron chi connectivity index (χ3n) is 5.79. The molecule has 3 heterocycles. The number of ether oxygens (including phenoxy) is 1. The normalized spacial score (nSPS) is 29.2. The maximum absolute atomic E-state index is 13.4. The number of carbonyl (C=O) groups excluding carboxylic acids is 3. The number of fused-ring (bicyclic) bond motifs is 1. The number of hydrogen-bond acceptors (Lipinski definition) is 5. The first-order valence-electron chi connectivity index (χ1n) is 9.39. The number of aryl methyl sites for hydroxylation is 1. The van der Waals surface area contributed by atoms with Crippen LogP contribution in [0.2, 0.25) is 0 Å². The summed E-state index contributed by atoms with van der Waals surface area (Å²) >= 11 is 1.53. The van der Waals surface area contributed by atoms with Gasteiger partial charge >= 0.3 is 5.97 Å². The van der Waals surface area contributed by atoms with Crippen LogP contribution in [0.15, 0.2) is 41.8 Å². The van der Waals surface area contributed by atoms with Gasteiger partial charge < -0.3 is 10.1 Å². The van der Waals surface area contributed by atoms with E-state index in [2.05, 4.69) is 0 Å². The van der Waals surface area contributed by atoms with E-state index >= 15 is 0 Å². The Bertz CT molecular complexity index is 924. The highest BCUT2D eigenvalue weighted by atomic mass is 32.1. The van der Waals surface area contributed by atoms with Gasteiger partial charge in [-0.3, -0.25) is 9.59 Å². The molecule has 2 aliphatic heterocycles. The molecule has 146 valence electrons. The van der Waals surface area contributed by atoms with Gasteiger partial charge in [0.05, 0.1) is 17.2 Å². The van der Waals surface area contributed by atoms with Gasteiger partial charge in [0.25, 0.3) is 0 Å². The number of thiophene rings is 1. The topological polar surface area (TPSA) is 80.3 Å². The zero-order chi connectivity index (χ0) is 20.1. The van der Waals surface area contributed by atoms with E-state index in [0.29, 0.717) is 5.69 Å². The van der Waals surface area contributed by atoms with Crippen LogP contribution in [-0.2, 0) is 19.1 Å². The monoisotopic (exact) mass is 399 g/mol. The fraction of sp³-hybridized carbons (Fsp3) is 0.381. The Hall–Kier alpha value is -2.51. The molecule has 6 nitrogen and oxygen atoms in total. The van der Waals surface area contributed by atoms with Gasteiger partial charge in [0.15, 0.2) is 0 Å². The van der Waals surface area contributed by atoms with Crippen molar-refractivity contribution in [3.63, 3.8) is 0 Å². The minimum absolute atomic E-state index is 0.229. The Balaban J connectivity index is 1.80. The lowest BCUT2D eigenvalue weighted by molar-refractivity contribution is -0.730. The molecule has 1 aromatic carbocycles. The summed E-state index contributed by atoms with van der Waals surface area (Å²) in [5.41, 5.74) is 0.456. The second-order valence-electron chi connectivity index (χ2n) is 7.56. The molecule has 0 bridgehead atoms.